The van der Waals surface area contributed by atoms with Crippen molar-refractivity contribution < 1.29 is 29.2 Å². The smallest absolute Gasteiger partial charge is 0.444 e. The molecule has 3 aliphatic rings. The Hall–Kier alpha value is -3.12. The summed E-state index contributed by atoms with van der Waals surface area (Å²) in [6, 6.07) is 16.9. The van der Waals surface area contributed by atoms with Gasteiger partial charge < -0.3 is 30.3 Å². The number of fused-ring (bicyclic) bond motifs is 2. The molecule has 0 bridgehead atoms. The Kier molecular flexibility index (Phi) is 15.1. The number of nitrogens with one attached hydrogen (secondary N) is 2. The van der Waals surface area contributed by atoms with Gasteiger partial charge in [0, 0.05) is 19.5 Å². The van der Waals surface area contributed by atoms with Gasteiger partial charge in [-0.3, -0.25) is 14.5 Å². The van der Waals surface area contributed by atoms with Gasteiger partial charge >= 0.3 is 13.2 Å². The van der Waals surface area contributed by atoms with Gasteiger partial charge in [-0.1, -0.05) is 99.5 Å². The zero-order valence-electron chi connectivity index (χ0n) is 27.9. The lowest BCUT2D eigenvalue weighted by atomic mass is 9.76. The van der Waals surface area contributed by atoms with Gasteiger partial charge in [0.2, 0.25) is 11.8 Å². The van der Waals surface area contributed by atoms with Crippen LogP contribution in [0.25, 0.3) is 0 Å². The molecule has 2 aromatic carbocycles. The van der Waals surface area contributed by atoms with Crippen molar-refractivity contribution >= 4 is 37.4 Å². The average Bonchev–Trinajstić information content (AvgIpc) is 3.70. The van der Waals surface area contributed by atoms with Crippen LogP contribution in [-0.2, 0) is 33.8 Å². The third kappa shape index (κ3) is 10.7. The first-order chi connectivity index (χ1) is 22.9. The first-order valence-electron chi connectivity index (χ1n) is 17.7. The number of unbranched alkanes of at least 4 members (excludes halogenated alkanes) is 1. The Balaban J connectivity index is 0.00000520. The number of carbonyl (C=O) groups excluding carboxylic acids is 3. The Labute approximate surface area is 291 Å². The SMILES string of the molecule is Cl.O=C1N[C@@H](B(O)O)CCCCCCCCCC(NCCCCc2ccccc2)C(=O)N2C[C@H](OC(=O)N3Cc4ccccc4C3)C[C@@H]12. The van der Waals surface area contributed by atoms with Crippen LogP contribution in [0.15, 0.2) is 54.6 Å². The molecular formula is C36H52BClN4O6. The third-order valence-electron chi connectivity index (χ3n) is 9.83. The molecule has 10 nitrogen and oxygen atoms in total. The highest BCUT2D eigenvalue weighted by Gasteiger charge is 2.44. The van der Waals surface area contributed by atoms with Crippen LogP contribution in [0.1, 0.15) is 93.7 Å². The van der Waals surface area contributed by atoms with Crippen molar-refractivity contribution in [3.05, 3.63) is 71.3 Å². The lowest BCUT2D eigenvalue weighted by molar-refractivity contribution is -0.140. The Morgan fingerprint density at radius 2 is 1.50 bits per heavy atom. The lowest BCUT2D eigenvalue weighted by Gasteiger charge is -2.30. The molecule has 4 atom stereocenters. The van der Waals surface area contributed by atoms with Crippen LogP contribution >= 0.6 is 12.4 Å². The van der Waals surface area contributed by atoms with E-state index in [9.17, 15) is 24.4 Å². The van der Waals surface area contributed by atoms with E-state index in [1.807, 2.05) is 42.5 Å². The number of nitrogens with zero attached hydrogens (tertiary/aromatic N) is 2. The molecule has 3 amide bonds. The molecule has 262 valence electrons. The molecule has 0 spiro atoms. The number of ether oxygens (including phenoxy) is 1. The van der Waals surface area contributed by atoms with Gasteiger partial charge in [-0.25, -0.2) is 4.79 Å². The lowest BCUT2D eigenvalue weighted by Crippen LogP contribution is -2.56. The van der Waals surface area contributed by atoms with E-state index in [1.165, 1.54) is 5.56 Å². The van der Waals surface area contributed by atoms with Crippen molar-refractivity contribution in [1.82, 2.24) is 20.4 Å². The van der Waals surface area contributed by atoms with Crippen molar-refractivity contribution in [2.75, 3.05) is 13.1 Å². The summed E-state index contributed by atoms with van der Waals surface area (Å²) in [4.78, 5) is 44.4. The summed E-state index contributed by atoms with van der Waals surface area (Å²) in [6.45, 7) is 1.71. The van der Waals surface area contributed by atoms with E-state index in [0.717, 1.165) is 75.3 Å². The van der Waals surface area contributed by atoms with E-state index in [2.05, 4.69) is 22.8 Å². The topological polar surface area (TPSA) is 131 Å². The molecule has 48 heavy (non-hydrogen) atoms. The maximum absolute atomic E-state index is 14.2. The molecule has 0 aromatic heterocycles. The second kappa shape index (κ2) is 19.2. The summed E-state index contributed by atoms with van der Waals surface area (Å²) < 4.78 is 5.94. The number of rotatable bonds is 8. The van der Waals surface area contributed by atoms with Crippen molar-refractivity contribution in [3.63, 3.8) is 0 Å². The summed E-state index contributed by atoms with van der Waals surface area (Å²) in [5.41, 5.74) is 3.46. The largest absolute Gasteiger partial charge is 0.475 e. The van der Waals surface area contributed by atoms with Crippen LogP contribution < -0.4 is 10.6 Å². The third-order valence-corrected chi connectivity index (χ3v) is 9.83. The fraction of sp³-hybridized carbons (Fsp3) is 0.583. The first kappa shape index (κ1) is 37.7. The summed E-state index contributed by atoms with van der Waals surface area (Å²) in [6.07, 6.45) is 9.91. The molecule has 12 heteroatoms. The van der Waals surface area contributed by atoms with Crippen molar-refractivity contribution in [2.24, 2.45) is 0 Å². The minimum absolute atomic E-state index is 0. The van der Waals surface area contributed by atoms with Crippen molar-refractivity contribution in [3.8, 4) is 0 Å². The maximum atomic E-state index is 14.2. The number of aryl methyl sites for hydroxylation is 1. The monoisotopic (exact) mass is 682 g/mol. The summed E-state index contributed by atoms with van der Waals surface area (Å²) in [5.74, 6) is -1.46. The maximum Gasteiger partial charge on any atom is 0.475 e. The number of hydrogen-bond acceptors (Lipinski definition) is 7. The molecule has 0 radical (unpaired) electrons. The van der Waals surface area contributed by atoms with Gasteiger partial charge in [-0.2, -0.15) is 0 Å². The van der Waals surface area contributed by atoms with Gasteiger partial charge in [0.25, 0.3) is 0 Å². The Morgan fingerprint density at radius 1 is 0.875 bits per heavy atom. The number of halogens is 1. The van der Waals surface area contributed by atoms with Crippen molar-refractivity contribution in [2.45, 2.75) is 121 Å². The summed E-state index contributed by atoms with van der Waals surface area (Å²) >= 11 is 0. The van der Waals surface area contributed by atoms with E-state index in [-0.39, 0.29) is 31.3 Å². The summed E-state index contributed by atoms with van der Waals surface area (Å²) in [5, 5.41) is 26.5. The van der Waals surface area contributed by atoms with Crippen molar-refractivity contribution in [1.29, 1.82) is 0 Å². The highest BCUT2D eigenvalue weighted by atomic mass is 35.5. The fourth-order valence-corrected chi connectivity index (χ4v) is 7.11. The van der Waals surface area contributed by atoms with Crippen LogP contribution in [0, 0.1) is 0 Å². The van der Waals surface area contributed by atoms with E-state index >= 15 is 0 Å². The van der Waals surface area contributed by atoms with Crippen LogP contribution in [0.2, 0.25) is 0 Å². The zero-order valence-corrected chi connectivity index (χ0v) is 28.8. The number of hydrogen-bond donors (Lipinski definition) is 4. The van der Waals surface area contributed by atoms with E-state index in [4.69, 9.17) is 4.74 Å². The predicted molar refractivity (Wildman–Crippen MR) is 188 cm³/mol. The molecule has 2 aromatic rings. The molecule has 3 aliphatic heterocycles. The molecule has 0 saturated carbocycles. The van der Waals surface area contributed by atoms with Gasteiger partial charge in [0.05, 0.1) is 18.5 Å². The molecular weight excluding hydrogens is 631 g/mol. The molecule has 5 rings (SSSR count). The Bertz CT molecular complexity index is 1300. The van der Waals surface area contributed by atoms with E-state index < -0.39 is 43.2 Å². The van der Waals surface area contributed by atoms with Crippen LogP contribution in [0.5, 0.6) is 0 Å². The van der Waals surface area contributed by atoms with Crippen LogP contribution in [0.4, 0.5) is 4.79 Å². The minimum Gasteiger partial charge on any atom is -0.444 e. The first-order valence-corrected chi connectivity index (χ1v) is 17.7. The van der Waals surface area contributed by atoms with Gasteiger partial charge in [-0.15, -0.1) is 12.4 Å². The van der Waals surface area contributed by atoms with E-state index in [1.54, 1.807) is 9.80 Å². The van der Waals surface area contributed by atoms with Crippen LogP contribution in [0.3, 0.4) is 0 Å². The normalized spacial score (nSPS) is 23.9. The standard InChI is InChI=1S/C36H51BN4O6.ClH/c42-34-32-23-30(47-36(44)40-24-28-18-11-12-19-29(28)25-40)26-41(32)35(43)31(38-22-14-13-17-27-15-7-6-8-16-27)20-9-4-2-1-3-5-10-21-33(39-34)37(45)46;/h6-8,11-12,15-16,18-19,30-33,38,45-46H,1-5,9-10,13-14,17,20-26H2,(H,39,42);1H/t30-,31?,32+,33-;/m1./s1. The van der Waals surface area contributed by atoms with E-state index in [0.29, 0.717) is 32.5 Å². The molecule has 3 heterocycles. The fourth-order valence-electron chi connectivity index (χ4n) is 7.11. The van der Waals surface area contributed by atoms with Gasteiger partial charge in [-0.05, 0) is 55.3 Å². The second-order valence-electron chi connectivity index (χ2n) is 13.4. The highest BCUT2D eigenvalue weighted by Crippen LogP contribution is 2.27. The van der Waals surface area contributed by atoms with Gasteiger partial charge in [0.15, 0.2) is 0 Å². The second-order valence-corrected chi connectivity index (χ2v) is 13.4. The zero-order chi connectivity index (χ0) is 33.0. The minimum atomic E-state index is -1.71. The predicted octanol–water partition coefficient (Wildman–Crippen LogP) is 4.53. The number of carbonyl (C=O) groups is 3. The number of benzene rings is 2. The molecule has 2 saturated heterocycles. The number of amides is 3. The molecule has 4 N–H and O–H groups in total. The average molecular weight is 683 g/mol. The van der Waals surface area contributed by atoms with Gasteiger partial charge in [0.1, 0.15) is 12.1 Å². The molecule has 0 aliphatic carbocycles. The molecule has 2 fully saturated rings. The summed E-state index contributed by atoms with van der Waals surface area (Å²) in [7, 11) is -1.71. The Morgan fingerprint density at radius 3 is 2.17 bits per heavy atom. The van der Waals surface area contributed by atoms with Crippen LogP contribution in [-0.4, -0.2) is 82.1 Å². The molecule has 1 unspecified atom stereocenters. The highest BCUT2D eigenvalue weighted by molar-refractivity contribution is 6.43. The quantitative estimate of drug-likeness (QED) is 0.238.